The van der Waals surface area contributed by atoms with Crippen molar-refractivity contribution in [1.29, 1.82) is 0 Å². The van der Waals surface area contributed by atoms with Gasteiger partial charge in [0.15, 0.2) is 0 Å². The summed E-state index contributed by atoms with van der Waals surface area (Å²) in [5, 5.41) is 0. The van der Waals surface area contributed by atoms with E-state index in [1.54, 1.807) is 0 Å². The molecule has 0 saturated heterocycles. The van der Waals surface area contributed by atoms with Crippen LogP contribution in [0, 0.1) is 0 Å². The van der Waals surface area contributed by atoms with E-state index in [1.807, 2.05) is 18.2 Å². The zero-order chi connectivity index (χ0) is 11.3. The topological polar surface area (TPSA) is 35.2 Å². The predicted octanol–water partition coefficient (Wildman–Crippen LogP) is 3.74. The van der Waals surface area contributed by atoms with Crippen LogP contribution in [0.5, 0.6) is 0 Å². The van der Waals surface area contributed by atoms with Crippen molar-refractivity contribution >= 4 is 21.6 Å². The Morgan fingerprint density at radius 2 is 2.13 bits per heavy atom. The molecule has 3 heteroatoms. The number of anilines is 1. The van der Waals surface area contributed by atoms with Crippen LogP contribution in [0.2, 0.25) is 0 Å². The molecule has 1 unspecified atom stereocenters. The van der Waals surface area contributed by atoms with Crippen molar-refractivity contribution in [2.24, 2.45) is 0 Å². The Morgan fingerprint density at radius 1 is 1.40 bits per heavy atom. The van der Waals surface area contributed by atoms with Crippen molar-refractivity contribution in [3.05, 3.63) is 28.2 Å². The Balaban J connectivity index is 2.50. The van der Waals surface area contributed by atoms with Gasteiger partial charge in [0, 0.05) is 10.2 Å². The van der Waals surface area contributed by atoms with Crippen molar-refractivity contribution in [2.45, 2.75) is 39.4 Å². The van der Waals surface area contributed by atoms with Crippen LogP contribution in [0.4, 0.5) is 5.69 Å². The quantitative estimate of drug-likeness (QED) is 0.829. The number of nitrogen functional groups attached to an aromatic ring is 1. The van der Waals surface area contributed by atoms with E-state index in [2.05, 4.69) is 29.8 Å². The molecule has 0 aromatic heterocycles. The van der Waals surface area contributed by atoms with Crippen molar-refractivity contribution in [2.75, 3.05) is 5.73 Å². The van der Waals surface area contributed by atoms with Gasteiger partial charge < -0.3 is 10.5 Å². The van der Waals surface area contributed by atoms with Gasteiger partial charge in [-0.25, -0.2) is 0 Å². The Labute approximate surface area is 99.9 Å². The zero-order valence-corrected chi connectivity index (χ0v) is 10.9. The van der Waals surface area contributed by atoms with Gasteiger partial charge in [0.2, 0.25) is 0 Å². The molecular formula is C12H18BrNO. The van der Waals surface area contributed by atoms with E-state index in [-0.39, 0.29) is 0 Å². The number of halogens is 1. The van der Waals surface area contributed by atoms with Gasteiger partial charge in [-0.1, -0.05) is 29.3 Å². The van der Waals surface area contributed by atoms with Gasteiger partial charge in [-0.3, -0.25) is 0 Å². The molecule has 84 valence electrons. The molecule has 0 aliphatic heterocycles. The second-order valence-corrected chi connectivity index (χ2v) is 4.72. The molecular weight excluding hydrogens is 254 g/mol. The van der Waals surface area contributed by atoms with Gasteiger partial charge in [-0.05, 0) is 37.1 Å². The first-order chi connectivity index (χ1) is 7.11. The van der Waals surface area contributed by atoms with Gasteiger partial charge in [0.05, 0.1) is 12.7 Å². The van der Waals surface area contributed by atoms with Crippen LogP contribution in [-0.2, 0) is 11.3 Å². The van der Waals surface area contributed by atoms with Crippen molar-refractivity contribution in [3.63, 3.8) is 0 Å². The number of nitrogens with two attached hydrogens (primary N) is 1. The summed E-state index contributed by atoms with van der Waals surface area (Å²) in [4.78, 5) is 0. The maximum Gasteiger partial charge on any atom is 0.0721 e. The predicted molar refractivity (Wildman–Crippen MR) is 67.7 cm³/mol. The summed E-state index contributed by atoms with van der Waals surface area (Å²) in [6, 6.07) is 5.87. The Bertz CT molecular complexity index is 294. The highest BCUT2D eigenvalue weighted by atomic mass is 79.9. The second kappa shape index (κ2) is 6.13. The summed E-state index contributed by atoms with van der Waals surface area (Å²) in [6.45, 7) is 4.90. The number of benzene rings is 1. The molecule has 0 saturated carbocycles. The summed E-state index contributed by atoms with van der Waals surface area (Å²) in [6.07, 6.45) is 2.57. The molecule has 2 nitrogen and oxygen atoms in total. The number of ether oxygens (including phenoxy) is 1. The monoisotopic (exact) mass is 271 g/mol. The molecule has 0 spiro atoms. The standard InChI is InChI=1S/C12H18BrNO/c1-3-4-9(2)15-8-10-5-11(13)7-12(14)6-10/h5-7,9H,3-4,8,14H2,1-2H3. The third-order valence-corrected chi connectivity index (χ3v) is 2.67. The molecule has 0 bridgehead atoms. The largest absolute Gasteiger partial charge is 0.399 e. The molecule has 1 aromatic rings. The average molecular weight is 272 g/mol. The molecule has 0 radical (unpaired) electrons. The van der Waals surface area contributed by atoms with Gasteiger partial charge >= 0.3 is 0 Å². The highest BCUT2D eigenvalue weighted by molar-refractivity contribution is 9.10. The van der Waals surface area contributed by atoms with Crippen LogP contribution in [0.15, 0.2) is 22.7 Å². The molecule has 1 rings (SSSR count). The fraction of sp³-hybridized carbons (Fsp3) is 0.500. The van der Waals surface area contributed by atoms with Crippen molar-refractivity contribution < 1.29 is 4.74 Å². The van der Waals surface area contributed by atoms with E-state index in [9.17, 15) is 0 Å². The SMILES string of the molecule is CCCC(C)OCc1cc(N)cc(Br)c1. The Morgan fingerprint density at radius 3 is 2.73 bits per heavy atom. The summed E-state index contributed by atoms with van der Waals surface area (Å²) in [5.74, 6) is 0. The summed E-state index contributed by atoms with van der Waals surface area (Å²) in [5.41, 5.74) is 7.62. The highest BCUT2D eigenvalue weighted by Gasteiger charge is 2.02. The minimum atomic E-state index is 0.315. The summed E-state index contributed by atoms with van der Waals surface area (Å²) >= 11 is 3.42. The molecule has 2 N–H and O–H groups in total. The lowest BCUT2D eigenvalue weighted by Gasteiger charge is -2.12. The van der Waals surface area contributed by atoms with Crippen LogP contribution in [0.25, 0.3) is 0 Å². The van der Waals surface area contributed by atoms with Gasteiger partial charge in [0.25, 0.3) is 0 Å². The Kier molecular flexibility index (Phi) is 5.12. The van der Waals surface area contributed by atoms with E-state index < -0.39 is 0 Å². The molecule has 1 aromatic carbocycles. The van der Waals surface area contributed by atoms with E-state index >= 15 is 0 Å². The molecule has 0 amide bonds. The zero-order valence-electron chi connectivity index (χ0n) is 9.29. The summed E-state index contributed by atoms with van der Waals surface area (Å²) in [7, 11) is 0. The van der Waals surface area contributed by atoms with E-state index in [0.29, 0.717) is 12.7 Å². The van der Waals surface area contributed by atoms with Crippen molar-refractivity contribution in [1.82, 2.24) is 0 Å². The van der Waals surface area contributed by atoms with Crippen LogP contribution >= 0.6 is 15.9 Å². The highest BCUT2D eigenvalue weighted by Crippen LogP contribution is 2.18. The normalized spacial score (nSPS) is 12.7. The Hall–Kier alpha value is -0.540. The number of hydrogen-bond donors (Lipinski definition) is 1. The maximum atomic E-state index is 5.74. The first kappa shape index (κ1) is 12.5. The van der Waals surface area contributed by atoms with E-state index in [1.165, 1.54) is 0 Å². The van der Waals surface area contributed by atoms with Gasteiger partial charge in [-0.15, -0.1) is 0 Å². The lowest BCUT2D eigenvalue weighted by molar-refractivity contribution is 0.0472. The molecule has 1 atom stereocenters. The molecule has 15 heavy (non-hydrogen) atoms. The average Bonchev–Trinajstić information content (AvgIpc) is 2.14. The van der Waals surface area contributed by atoms with E-state index in [0.717, 1.165) is 28.6 Å². The fourth-order valence-corrected chi connectivity index (χ4v) is 2.05. The van der Waals surface area contributed by atoms with Crippen LogP contribution < -0.4 is 5.73 Å². The molecule has 0 heterocycles. The van der Waals surface area contributed by atoms with Crippen LogP contribution in [0.3, 0.4) is 0 Å². The molecule has 0 aliphatic carbocycles. The van der Waals surface area contributed by atoms with E-state index in [4.69, 9.17) is 10.5 Å². The first-order valence-electron chi connectivity index (χ1n) is 5.28. The van der Waals surface area contributed by atoms with Gasteiger partial charge in [0.1, 0.15) is 0 Å². The van der Waals surface area contributed by atoms with Crippen LogP contribution in [0.1, 0.15) is 32.3 Å². The second-order valence-electron chi connectivity index (χ2n) is 3.80. The third kappa shape index (κ3) is 4.67. The minimum Gasteiger partial charge on any atom is -0.399 e. The molecule has 0 fully saturated rings. The van der Waals surface area contributed by atoms with Gasteiger partial charge in [-0.2, -0.15) is 0 Å². The number of hydrogen-bond acceptors (Lipinski definition) is 2. The molecule has 0 aliphatic rings. The maximum absolute atomic E-state index is 5.74. The lowest BCUT2D eigenvalue weighted by atomic mass is 10.2. The first-order valence-corrected chi connectivity index (χ1v) is 6.07. The minimum absolute atomic E-state index is 0.315. The fourth-order valence-electron chi connectivity index (χ4n) is 1.49. The summed E-state index contributed by atoms with van der Waals surface area (Å²) < 4.78 is 6.71. The number of rotatable bonds is 5. The van der Waals surface area contributed by atoms with Crippen LogP contribution in [-0.4, -0.2) is 6.10 Å². The lowest BCUT2D eigenvalue weighted by Crippen LogP contribution is -2.07. The smallest absolute Gasteiger partial charge is 0.0721 e. The third-order valence-electron chi connectivity index (χ3n) is 2.21. The van der Waals surface area contributed by atoms with Crippen molar-refractivity contribution in [3.8, 4) is 0 Å².